The number of carbonyl (C=O) groups is 3. The minimum absolute atomic E-state index is 0.00112. The average molecular weight is 477 g/mol. The molecule has 5 rings (SSSR count). The highest BCUT2D eigenvalue weighted by atomic mass is 16.5. The fourth-order valence-corrected chi connectivity index (χ4v) is 6.24. The number of carboxylic acid groups (broad SMARTS) is 1. The van der Waals surface area contributed by atoms with E-state index in [4.69, 9.17) is 4.74 Å². The Morgan fingerprint density at radius 2 is 1.77 bits per heavy atom. The van der Waals surface area contributed by atoms with Crippen LogP contribution < -0.4 is 5.32 Å². The number of ether oxygens (including phenoxy) is 1. The molecule has 2 N–H and O–H groups in total. The molecule has 1 aliphatic heterocycles. The van der Waals surface area contributed by atoms with Gasteiger partial charge in [0, 0.05) is 31.5 Å². The van der Waals surface area contributed by atoms with Crippen LogP contribution in [-0.4, -0.2) is 53.7 Å². The topological polar surface area (TPSA) is 95.9 Å². The van der Waals surface area contributed by atoms with Gasteiger partial charge in [0.15, 0.2) is 0 Å². The fraction of sp³-hybridized carbons (Fsp3) is 0.464. The van der Waals surface area contributed by atoms with Crippen LogP contribution in [0.2, 0.25) is 0 Å². The first-order valence-electron chi connectivity index (χ1n) is 12.5. The van der Waals surface area contributed by atoms with Gasteiger partial charge in [-0.25, -0.2) is 4.79 Å². The Morgan fingerprint density at radius 3 is 2.40 bits per heavy atom. The minimum Gasteiger partial charge on any atom is -0.481 e. The maximum Gasteiger partial charge on any atom is 0.407 e. The molecule has 1 saturated carbocycles. The molecule has 0 aromatic heterocycles. The van der Waals surface area contributed by atoms with Crippen LogP contribution in [0.25, 0.3) is 11.1 Å². The predicted octanol–water partition coefficient (Wildman–Crippen LogP) is 4.41. The standard InChI is InChI=1S/C28H32N2O5/c1-18(12-13-25(31)30-15-19-7-6-14-28(19,17-30)26(32)33)29-27(34)35-16-24-22-10-4-2-8-20(22)21-9-3-5-11-23(21)24/h2-5,8-11,18-19,24H,6-7,12-17H2,1H3,(H,29,34)(H,32,33)/t18?,19-,28-/m1/s1. The third kappa shape index (κ3) is 4.28. The van der Waals surface area contributed by atoms with Gasteiger partial charge in [-0.15, -0.1) is 0 Å². The third-order valence-electron chi connectivity index (χ3n) is 8.15. The van der Waals surface area contributed by atoms with Crippen molar-refractivity contribution in [3.05, 3.63) is 59.7 Å². The number of alkyl carbamates (subject to hydrolysis) is 1. The van der Waals surface area contributed by atoms with Gasteiger partial charge < -0.3 is 20.1 Å². The van der Waals surface area contributed by atoms with E-state index in [2.05, 4.69) is 29.6 Å². The van der Waals surface area contributed by atoms with Gasteiger partial charge in [-0.05, 0) is 54.4 Å². The number of carbonyl (C=O) groups excluding carboxylic acids is 2. The molecule has 0 bridgehead atoms. The first kappa shape index (κ1) is 23.4. The lowest BCUT2D eigenvalue weighted by molar-refractivity contribution is -0.149. The molecule has 1 heterocycles. The fourth-order valence-electron chi connectivity index (χ4n) is 6.24. The summed E-state index contributed by atoms with van der Waals surface area (Å²) in [7, 11) is 0. The second-order valence-electron chi connectivity index (χ2n) is 10.2. The number of rotatable bonds is 7. The maximum atomic E-state index is 12.8. The van der Waals surface area contributed by atoms with E-state index in [-0.39, 0.29) is 36.8 Å². The summed E-state index contributed by atoms with van der Waals surface area (Å²) in [6.45, 7) is 2.93. The summed E-state index contributed by atoms with van der Waals surface area (Å²) < 4.78 is 5.60. The number of aliphatic carboxylic acids is 1. The van der Waals surface area contributed by atoms with Crippen LogP contribution >= 0.6 is 0 Å². The van der Waals surface area contributed by atoms with Gasteiger partial charge in [0.2, 0.25) is 5.91 Å². The molecule has 2 amide bonds. The van der Waals surface area contributed by atoms with E-state index in [1.54, 1.807) is 4.90 Å². The molecule has 2 aromatic carbocycles. The van der Waals surface area contributed by atoms with Crippen molar-refractivity contribution in [3.8, 4) is 11.1 Å². The van der Waals surface area contributed by atoms with Crippen molar-refractivity contribution >= 4 is 18.0 Å². The normalized spacial score (nSPS) is 23.3. The molecule has 3 aliphatic rings. The smallest absolute Gasteiger partial charge is 0.407 e. The van der Waals surface area contributed by atoms with Crippen LogP contribution in [0.15, 0.2) is 48.5 Å². The summed E-state index contributed by atoms with van der Waals surface area (Å²) in [5, 5.41) is 12.6. The van der Waals surface area contributed by atoms with Crippen molar-refractivity contribution < 1.29 is 24.2 Å². The first-order chi connectivity index (χ1) is 16.9. The number of carboxylic acids is 1. The van der Waals surface area contributed by atoms with Gasteiger partial charge in [-0.3, -0.25) is 9.59 Å². The highest BCUT2D eigenvalue weighted by Crippen LogP contribution is 2.49. The van der Waals surface area contributed by atoms with Gasteiger partial charge in [0.25, 0.3) is 0 Å². The van der Waals surface area contributed by atoms with E-state index in [0.717, 1.165) is 24.0 Å². The highest BCUT2D eigenvalue weighted by Gasteiger charge is 2.55. The number of likely N-dealkylation sites (tertiary alicyclic amines) is 1. The van der Waals surface area contributed by atoms with Crippen molar-refractivity contribution in [3.63, 3.8) is 0 Å². The molecule has 2 aromatic rings. The highest BCUT2D eigenvalue weighted by molar-refractivity contribution is 5.82. The van der Waals surface area contributed by atoms with Crippen LogP contribution in [-0.2, 0) is 14.3 Å². The van der Waals surface area contributed by atoms with Gasteiger partial charge in [-0.1, -0.05) is 55.0 Å². The Morgan fingerprint density at radius 1 is 1.11 bits per heavy atom. The minimum atomic E-state index is -0.777. The monoisotopic (exact) mass is 476 g/mol. The Kier molecular flexibility index (Phi) is 6.26. The quantitative estimate of drug-likeness (QED) is 0.617. The van der Waals surface area contributed by atoms with Gasteiger partial charge in [-0.2, -0.15) is 0 Å². The second kappa shape index (κ2) is 9.36. The summed E-state index contributed by atoms with van der Waals surface area (Å²) in [5.74, 6) is -0.761. The SMILES string of the molecule is CC(CCC(=O)N1C[C@H]2CCC[C@@]2(C(=O)O)C1)NC(=O)OCC1c2ccccc2-c2ccccc21. The van der Waals surface area contributed by atoms with Gasteiger partial charge >= 0.3 is 12.1 Å². The summed E-state index contributed by atoms with van der Waals surface area (Å²) >= 11 is 0. The molecule has 184 valence electrons. The molecule has 2 fully saturated rings. The number of amides is 2. The molecular weight excluding hydrogens is 444 g/mol. The Labute approximate surface area is 205 Å². The predicted molar refractivity (Wildman–Crippen MR) is 131 cm³/mol. The molecule has 1 unspecified atom stereocenters. The molecule has 0 radical (unpaired) electrons. The van der Waals surface area contributed by atoms with Crippen molar-refractivity contribution in [2.75, 3.05) is 19.7 Å². The Hall–Kier alpha value is -3.35. The van der Waals surface area contributed by atoms with Crippen LogP contribution in [0.4, 0.5) is 4.79 Å². The van der Waals surface area contributed by atoms with Crippen LogP contribution in [0.3, 0.4) is 0 Å². The summed E-state index contributed by atoms with van der Waals surface area (Å²) in [4.78, 5) is 38.8. The number of nitrogens with one attached hydrogen (secondary N) is 1. The Balaban J connectivity index is 1.10. The summed E-state index contributed by atoms with van der Waals surface area (Å²) in [5.41, 5.74) is 3.92. The van der Waals surface area contributed by atoms with E-state index >= 15 is 0 Å². The van der Waals surface area contributed by atoms with Crippen molar-refractivity contribution in [1.82, 2.24) is 10.2 Å². The second-order valence-corrected chi connectivity index (χ2v) is 10.2. The summed E-state index contributed by atoms with van der Waals surface area (Å²) in [6.07, 6.45) is 2.69. The van der Waals surface area contributed by atoms with E-state index in [0.29, 0.717) is 25.9 Å². The van der Waals surface area contributed by atoms with E-state index in [1.165, 1.54) is 11.1 Å². The zero-order chi connectivity index (χ0) is 24.6. The van der Waals surface area contributed by atoms with E-state index < -0.39 is 17.5 Å². The maximum absolute atomic E-state index is 12.8. The third-order valence-corrected chi connectivity index (χ3v) is 8.15. The van der Waals surface area contributed by atoms with Gasteiger partial charge in [0.05, 0.1) is 5.41 Å². The lowest BCUT2D eigenvalue weighted by atomic mass is 9.81. The van der Waals surface area contributed by atoms with Crippen molar-refractivity contribution in [2.24, 2.45) is 11.3 Å². The molecule has 0 spiro atoms. The Bertz CT molecular complexity index is 1100. The molecule has 35 heavy (non-hydrogen) atoms. The largest absolute Gasteiger partial charge is 0.481 e. The number of fused-ring (bicyclic) bond motifs is 4. The molecule has 3 atom stereocenters. The summed E-state index contributed by atoms with van der Waals surface area (Å²) in [6, 6.07) is 16.2. The molecular formula is C28H32N2O5. The lowest BCUT2D eigenvalue weighted by Crippen LogP contribution is -2.38. The van der Waals surface area contributed by atoms with Crippen molar-refractivity contribution in [1.29, 1.82) is 0 Å². The van der Waals surface area contributed by atoms with Crippen LogP contribution in [0.5, 0.6) is 0 Å². The van der Waals surface area contributed by atoms with Crippen LogP contribution in [0, 0.1) is 11.3 Å². The van der Waals surface area contributed by atoms with Crippen LogP contribution in [0.1, 0.15) is 56.1 Å². The van der Waals surface area contributed by atoms with E-state index in [1.807, 2.05) is 31.2 Å². The number of hydrogen-bond donors (Lipinski definition) is 2. The van der Waals surface area contributed by atoms with Crippen molar-refractivity contribution in [2.45, 2.75) is 51.0 Å². The van der Waals surface area contributed by atoms with Gasteiger partial charge in [0.1, 0.15) is 6.61 Å². The lowest BCUT2D eigenvalue weighted by Gasteiger charge is -2.23. The molecule has 1 saturated heterocycles. The molecule has 7 heteroatoms. The molecule has 2 aliphatic carbocycles. The molecule has 7 nitrogen and oxygen atoms in total. The number of nitrogens with zero attached hydrogens (tertiary/aromatic N) is 1. The zero-order valence-electron chi connectivity index (χ0n) is 20.0. The van der Waals surface area contributed by atoms with E-state index in [9.17, 15) is 19.5 Å². The number of hydrogen-bond acceptors (Lipinski definition) is 4. The number of benzene rings is 2. The average Bonchev–Trinajstić information content (AvgIpc) is 3.51. The first-order valence-corrected chi connectivity index (χ1v) is 12.5. The zero-order valence-corrected chi connectivity index (χ0v) is 20.0.